The van der Waals surface area contributed by atoms with Crippen molar-refractivity contribution in [1.29, 1.82) is 0 Å². The summed E-state index contributed by atoms with van der Waals surface area (Å²) in [4.78, 5) is 28.4. The number of aryl methyl sites for hydroxylation is 3. The van der Waals surface area contributed by atoms with Crippen molar-refractivity contribution in [1.82, 2.24) is 39.2 Å². The third-order valence-electron chi connectivity index (χ3n) is 13.8. The molecule has 0 spiro atoms. The van der Waals surface area contributed by atoms with Gasteiger partial charge in [0.2, 0.25) is 0 Å². The molecule has 5 atom stereocenters. The molecular weight excluding hydrogens is 1150 g/mol. The summed E-state index contributed by atoms with van der Waals surface area (Å²) in [5.41, 5.74) is 17.5. The number of hydrogen-bond acceptors (Lipinski definition) is 18. The number of phosphoric acid groups is 1. The molecular formula is C64H118N10O11P2. The Kier molecular flexibility index (Phi) is 45.2. The van der Waals surface area contributed by atoms with Gasteiger partial charge >= 0.3 is 7.82 Å². The zero-order valence-electron chi connectivity index (χ0n) is 54.0. The van der Waals surface area contributed by atoms with Crippen LogP contribution in [0, 0.1) is 17.8 Å². The van der Waals surface area contributed by atoms with Crippen LogP contribution in [0.5, 0.6) is 11.5 Å². The van der Waals surface area contributed by atoms with Gasteiger partial charge in [-0.05, 0) is 101 Å². The number of anilines is 2. The van der Waals surface area contributed by atoms with Crippen molar-refractivity contribution in [2.24, 2.45) is 17.8 Å². The Morgan fingerprint density at radius 1 is 0.621 bits per heavy atom. The summed E-state index contributed by atoms with van der Waals surface area (Å²) in [6.45, 7) is 30.2. The topological polar surface area (TPSA) is 291 Å². The van der Waals surface area contributed by atoms with Gasteiger partial charge in [-0.15, -0.1) is 0 Å². The number of unbranched alkanes of at least 4 members (excludes halogenated alkanes) is 4. The van der Waals surface area contributed by atoms with Crippen LogP contribution in [0.3, 0.4) is 0 Å². The predicted molar refractivity (Wildman–Crippen MR) is 364 cm³/mol. The SMILES string of the molecule is C.C.CC.CCCCc1nc2c(N)nc3cc(OCCCCO)ccc3c2n1CCC.CCCCc1nc2c(N)nc3cc(OCCCCOP(=O)(O)OC[C@H](C)CC)ccc3c2n1CCO.CCOCNP(NC)OC[C@H](C)CC.CC[C@@H](C)CO. The number of nitrogen functional groups attached to an aromatic ring is 2. The fourth-order valence-electron chi connectivity index (χ4n) is 8.11. The van der Waals surface area contributed by atoms with E-state index in [1.807, 2.05) is 83.5 Å². The van der Waals surface area contributed by atoms with Gasteiger partial charge in [0.15, 0.2) is 20.1 Å². The number of ether oxygens (including phenoxy) is 3. The lowest BCUT2D eigenvalue weighted by Crippen LogP contribution is -2.21. The number of phosphoric ester groups is 1. The fraction of sp³-hybridized carbons (Fsp3) is 0.688. The minimum absolute atomic E-state index is 0. The Labute approximate surface area is 524 Å². The Balaban J connectivity index is 0.00000127. The molecule has 0 saturated carbocycles. The van der Waals surface area contributed by atoms with E-state index in [9.17, 15) is 14.6 Å². The van der Waals surface area contributed by atoms with Gasteiger partial charge in [-0.2, -0.15) is 0 Å². The highest BCUT2D eigenvalue weighted by atomic mass is 31.2. The molecule has 2 unspecified atom stereocenters. The Morgan fingerprint density at radius 3 is 1.53 bits per heavy atom. The Bertz CT molecular complexity index is 2780. The number of nitrogens with one attached hydrogen (secondary N) is 2. The molecule has 0 aliphatic heterocycles. The van der Waals surface area contributed by atoms with Crippen LogP contribution in [0.2, 0.25) is 0 Å². The van der Waals surface area contributed by atoms with Gasteiger partial charge in [-0.3, -0.25) is 14.1 Å². The number of benzene rings is 2. The minimum atomic E-state index is -4.02. The van der Waals surface area contributed by atoms with E-state index in [1.54, 1.807) is 0 Å². The number of aromatic nitrogens is 6. The van der Waals surface area contributed by atoms with Crippen molar-refractivity contribution in [2.75, 3.05) is 84.7 Å². The van der Waals surface area contributed by atoms with Crippen LogP contribution in [0.15, 0.2) is 36.4 Å². The van der Waals surface area contributed by atoms with E-state index in [0.29, 0.717) is 86.2 Å². The van der Waals surface area contributed by atoms with Crippen molar-refractivity contribution in [2.45, 2.75) is 201 Å². The smallest absolute Gasteiger partial charge is 0.472 e. The maximum atomic E-state index is 11.9. The molecule has 4 heterocycles. The number of pyridine rings is 2. The summed E-state index contributed by atoms with van der Waals surface area (Å²) in [5.74, 6) is 5.56. The number of nitrogens with zero attached hydrogens (tertiary/aromatic N) is 6. The lowest BCUT2D eigenvalue weighted by atomic mass is 10.1. The molecule has 6 rings (SSSR count). The van der Waals surface area contributed by atoms with Crippen molar-refractivity contribution in [3.63, 3.8) is 0 Å². The van der Waals surface area contributed by atoms with Crippen LogP contribution in [0.1, 0.15) is 187 Å². The first-order chi connectivity index (χ1) is 41.0. The number of imidazole rings is 2. The summed E-state index contributed by atoms with van der Waals surface area (Å²) >= 11 is 0. The molecule has 0 saturated heterocycles. The van der Waals surface area contributed by atoms with Crippen molar-refractivity contribution in [3.05, 3.63) is 48.0 Å². The number of aliphatic hydroxyl groups is 3. The number of fused-ring (bicyclic) bond motifs is 6. The normalized spacial score (nSPS) is 13.1. The molecule has 87 heavy (non-hydrogen) atoms. The predicted octanol–water partition coefficient (Wildman–Crippen LogP) is 14.3. The number of aliphatic hydroxyl groups excluding tert-OH is 3. The zero-order chi connectivity index (χ0) is 63.2. The van der Waals surface area contributed by atoms with Crippen LogP contribution >= 0.6 is 16.3 Å². The molecule has 0 bridgehead atoms. The van der Waals surface area contributed by atoms with Crippen LogP contribution in [-0.2, 0) is 48.8 Å². The highest BCUT2D eigenvalue weighted by Gasteiger charge is 2.22. The number of hydrogen-bond donors (Lipinski definition) is 8. The zero-order valence-corrected chi connectivity index (χ0v) is 55.7. The van der Waals surface area contributed by atoms with Gasteiger partial charge in [0.25, 0.3) is 0 Å². The largest absolute Gasteiger partial charge is 0.494 e. The molecule has 10 N–H and O–H groups in total. The minimum Gasteiger partial charge on any atom is -0.494 e. The molecule has 0 aliphatic rings. The summed E-state index contributed by atoms with van der Waals surface area (Å²) in [6.07, 6.45) is 13.0. The molecule has 6 aromatic rings. The van der Waals surface area contributed by atoms with Gasteiger partial charge in [0.1, 0.15) is 40.9 Å². The van der Waals surface area contributed by atoms with E-state index in [1.165, 1.54) is 0 Å². The molecule has 23 heteroatoms. The van der Waals surface area contributed by atoms with E-state index in [2.05, 4.69) is 72.3 Å². The van der Waals surface area contributed by atoms with E-state index >= 15 is 0 Å². The lowest BCUT2D eigenvalue weighted by molar-refractivity contribution is 0.130. The lowest BCUT2D eigenvalue weighted by Gasteiger charge is -2.19. The van der Waals surface area contributed by atoms with Gasteiger partial charge < -0.3 is 59.5 Å². The van der Waals surface area contributed by atoms with E-state index in [4.69, 9.17) is 59.4 Å². The van der Waals surface area contributed by atoms with Crippen LogP contribution in [0.25, 0.3) is 43.9 Å². The highest BCUT2D eigenvalue weighted by molar-refractivity contribution is 7.48. The fourth-order valence-corrected chi connectivity index (χ4v) is 9.98. The summed E-state index contributed by atoms with van der Waals surface area (Å²) < 4.78 is 48.8. The maximum Gasteiger partial charge on any atom is 0.472 e. The summed E-state index contributed by atoms with van der Waals surface area (Å²) in [7, 11) is -2.86. The van der Waals surface area contributed by atoms with E-state index < -0.39 is 16.3 Å². The van der Waals surface area contributed by atoms with Crippen LogP contribution in [0.4, 0.5) is 11.6 Å². The maximum absolute atomic E-state index is 11.9. The molecule has 2 aromatic carbocycles. The summed E-state index contributed by atoms with van der Waals surface area (Å²) in [5, 5.41) is 35.1. The molecule has 0 aliphatic carbocycles. The van der Waals surface area contributed by atoms with E-state index in [-0.39, 0.29) is 47.2 Å². The van der Waals surface area contributed by atoms with Crippen LogP contribution in [-0.4, -0.2) is 123 Å². The first-order valence-corrected chi connectivity index (χ1v) is 34.1. The Hall–Kier alpha value is -4.34. The standard InChI is InChI=1S/C25H39N4O6P.C21H30N4O2.C9H23N2O2P.C5H12O.C2H6.2CH4/c1-4-6-9-22-28-23-24(29(22)12-13-30)20-11-10-19(16-21(20)27-25(23)26)33-14-7-8-15-34-36(31,32)35-17-18(3)5-2;1-3-5-8-18-24-19-20(25(18)11-4-2)16-10-9-15(27-13-7-6-12-26)14-17(16)23-21(19)22;1-5-9(3)7-13-14(10-4)11-8-12-6-2;1-3-5(2)4-6;1-2;;/h10-11,16,18,30H,4-9,12-15,17H2,1-3H3,(H2,26,27)(H,31,32);9-10,14,26H,3-8,11-13H2,1-2H3,(H2,22,23);9-11H,5-8H2,1-4H3;5-6H,3-4H2,1-2H3;1-2H3;2*1H4/t18-;;9-,14?;5-;;;/m1.11.../s1. The van der Waals surface area contributed by atoms with Crippen LogP contribution < -0.4 is 31.1 Å². The van der Waals surface area contributed by atoms with Gasteiger partial charge in [0.05, 0.1) is 61.7 Å². The monoisotopic (exact) mass is 1260 g/mol. The second kappa shape index (κ2) is 47.6. The van der Waals surface area contributed by atoms with Gasteiger partial charge in [-0.25, -0.2) is 29.6 Å². The first kappa shape index (κ1) is 82.7. The molecule has 21 nitrogen and oxygen atoms in total. The van der Waals surface area contributed by atoms with Gasteiger partial charge in [-0.1, -0.05) is 123 Å². The third-order valence-corrected chi connectivity index (χ3v) is 16.0. The molecule has 4 aromatic heterocycles. The van der Waals surface area contributed by atoms with Crippen molar-refractivity contribution in [3.8, 4) is 11.5 Å². The third kappa shape index (κ3) is 29.0. The summed E-state index contributed by atoms with van der Waals surface area (Å²) in [6, 6.07) is 11.6. The first-order valence-electron chi connectivity index (χ1n) is 31.3. The highest BCUT2D eigenvalue weighted by Crippen LogP contribution is 2.44. The molecule has 0 fully saturated rings. The quantitative estimate of drug-likeness (QED) is 0.0102. The van der Waals surface area contributed by atoms with Crippen molar-refractivity contribution >= 4 is 71.8 Å². The number of nitrogens with two attached hydrogens (primary N) is 2. The number of rotatable bonds is 37. The average molecular weight is 1270 g/mol. The molecule has 0 radical (unpaired) electrons. The van der Waals surface area contributed by atoms with Gasteiger partial charge in [0, 0.05) is 68.7 Å². The Morgan fingerprint density at radius 2 is 1.10 bits per heavy atom. The van der Waals surface area contributed by atoms with Crippen molar-refractivity contribution < 1.29 is 52.6 Å². The molecule has 500 valence electrons. The molecule has 0 amide bonds. The average Bonchev–Trinajstić information content (AvgIpc) is 1.80. The van der Waals surface area contributed by atoms with E-state index in [0.717, 1.165) is 147 Å². The second-order valence-electron chi connectivity index (χ2n) is 20.8. The second-order valence-corrected chi connectivity index (χ2v) is 23.9.